The number of methoxy groups -OCH3 is 1. The molecule has 0 saturated heterocycles. The van der Waals surface area contributed by atoms with E-state index in [0.717, 1.165) is 37.9 Å². The van der Waals surface area contributed by atoms with Crippen molar-refractivity contribution in [3.63, 3.8) is 0 Å². The quantitative estimate of drug-likeness (QED) is 0.648. The molecule has 2 aromatic heterocycles. The molecule has 0 atom stereocenters. The van der Waals surface area contributed by atoms with Gasteiger partial charge >= 0.3 is 0 Å². The summed E-state index contributed by atoms with van der Waals surface area (Å²) in [6, 6.07) is 7.92. The number of nitrogens with zero attached hydrogens (tertiary/aromatic N) is 3. The van der Waals surface area contributed by atoms with Crippen LogP contribution in [0.1, 0.15) is 28.8 Å². The standard InChI is InChI=1S/C20H23BrN4O2/c1-12-16(13(2)23-19-18(12)20(27-4)24-25(19)3)8-9-17(26)22-11-14-6-5-7-15(21)10-14/h5-7,10H,8-9,11H2,1-4H3,(H,22,26). The van der Waals surface area contributed by atoms with Gasteiger partial charge in [0.25, 0.3) is 0 Å². The smallest absolute Gasteiger partial charge is 0.242 e. The monoisotopic (exact) mass is 430 g/mol. The first-order valence-corrected chi connectivity index (χ1v) is 9.58. The van der Waals surface area contributed by atoms with Gasteiger partial charge in [0.1, 0.15) is 0 Å². The minimum Gasteiger partial charge on any atom is -0.479 e. The number of nitrogens with one attached hydrogen (secondary N) is 1. The SMILES string of the molecule is COc1nn(C)c2nc(C)c(CCC(=O)NCc3cccc(Br)c3)c(C)c12. The Balaban J connectivity index is 1.72. The molecule has 1 aromatic carbocycles. The van der Waals surface area contributed by atoms with Gasteiger partial charge in [0.15, 0.2) is 5.65 Å². The lowest BCUT2D eigenvalue weighted by Crippen LogP contribution is -2.23. The first-order chi connectivity index (χ1) is 12.9. The molecule has 1 N–H and O–H groups in total. The second-order valence-electron chi connectivity index (χ2n) is 6.54. The number of pyridine rings is 1. The number of benzene rings is 1. The highest BCUT2D eigenvalue weighted by Gasteiger charge is 2.18. The van der Waals surface area contributed by atoms with Gasteiger partial charge in [-0.3, -0.25) is 4.79 Å². The lowest BCUT2D eigenvalue weighted by Gasteiger charge is -2.11. The Morgan fingerprint density at radius 1 is 1.33 bits per heavy atom. The molecule has 6 nitrogen and oxygen atoms in total. The zero-order chi connectivity index (χ0) is 19.6. The normalized spacial score (nSPS) is 11.0. The fraction of sp³-hybridized carbons (Fsp3) is 0.350. The molecule has 7 heteroatoms. The minimum atomic E-state index is 0.0204. The molecule has 0 saturated carbocycles. The summed E-state index contributed by atoms with van der Waals surface area (Å²) in [5.74, 6) is 0.588. The second-order valence-corrected chi connectivity index (χ2v) is 7.45. The van der Waals surface area contributed by atoms with Crippen molar-refractivity contribution in [2.45, 2.75) is 33.2 Å². The van der Waals surface area contributed by atoms with E-state index in [1.54, 1.807) is 11.8 Å². The fourth-order valence-electron chi connectivity index (χ4n) is 3.28. The van der Waals surface area contributed by atoms with Crippen LogP contribution >= 0.6 is 15.9 Å². The average Bonchev–Trinajstić information content (AvgIpc) is 2.96. The zero-order valence-corrected chi connectivity index (χ0v) is 17.6. The molecule has 0 bridgehead atoms. The zero-order valence-electron chi connectivity index (χ0n) is 16.0. The maximum Gasteiger partial charge on any atom is 0.242 e. The first kappa shape index (κ1) is 19.4. The van der Waals surface area contributed by atoms with Crippen LogP contribution in [0.2, 0.25) is 0 Å². The summed E-state index contributed by atoms with van der Waals surface area (Å²) < 4.78 is 8.12. The average molecular weight is 431 g/mol. The van der Waals surface area contributed by atoms with Gasteiger partial charge in [-0.1, -0.05) is 28.1 Å². The van der Waals surface area contributed by atoms with Crippen LogP contribution in [-0.4, -0.2) is 27.8 Å². The van der Waals surface area contributed by atoms with Crippen molar-refractivity contribution in [2.75, 3.05) is 7.11 Å². The Morgan fingerprint density at radius 2 is 2.11 bits per heavy atom. The number of rotatable bonds is 6. The van der Waals surface area contributed by atoms with Crippen molar-refractivity contribution in [1.82, 2.24) is 20.1 Å². The third kappa shape index (κ3) is 4.13. The number of halogens is 1. The van der Waals surface area contributed by atoms with Crippen molar-refractivity contribution in [2.24, 2.45) is 7.05 Å². The van der Waals surface area contributed by atoms with Gasteiger partial charge in [-0.25, -0.2) is 9.67 Å². The Labute approximate surface area is 167 Å². The van der Waals surface area contributed by atoms with E-state index in [1.165, 1.54) is 0 Å². The van der Waals surface area contributed by atoms with Crippen LogP contribution in [0.4, 0.5) is 0 Å². The highest BCUT2D eigenvalue weighted by molar-refractivity contribution is 9.10. The number of hydrogen-bond acceptors (Lipinski definition) is 4. The van der Waals surface area contributed by atoms with E-state index >= 15 is 0 Å². The second kappa shape index (κ2) is 8.08. The van der Waals surface area contributed by atoms with Gasteiger partial charge in [0, 0.05) is 30.2 Å². The van der Waals surface area contributed by atoms with Crippen molar-refractivity contribution < 1.29 is 9.53 Å². The molecular weight excluding hydrogens is 408 g/mol. The third-order valence-electron chi connectivity index (χ3n) is 4.70. The molecule has 0 fully saturated rings. The number of fused-ring (bicyclic) bond motifs is 1. The summed E-state index contributed by atoms with van der Waals surface area (Å²) in [6.07, 6.45) is 1.04. The van der Waals surface area contributed by atoms with Crippen LogP contribution in [0.3, 0.4) is 0 Å². The van der Waals surface area contributed by atoms with Crippen molar-refractivity contribution in [3.05, 3.63) is 51.1 Å². The van der Waals surface area contributed by atoms with E-state index in [4.69, 9.17) is 4.74 Å². The summed E-state index contributed by atoms with van der Waals surface area (Å²) in [7, 11) is 3.46. The van der Waals surface area contributed by atoms with Crippen molar-refractivity contribution in [1.29, 1.82) is 0 Å². The predicted octanol–water partition coefficient (Wildman–Crippen LogP) is 3.61. The molecular formula is C20H23BrN4O2. The van der Waals surface area contributed by atoms with E-state index in [0.29, 0.717) is 25.3 Å². The lowest BCUT2D eigenvalue weighted by atomic mass is 10.00. The van der Waals surface area contributed by atoms with Crippen LogP contribution in [0, 0.1) is 13.8 Å². The molecule has 0 spiro atoms. The van der Waals surface area contributed by atoms with E-state index in [-0.39, 0.29) is 5.91 Å². The molecule has 3 rings (SSSR count). The molecule has 2 heterocycles. The largest absolute Gasteiger partial charge is 0.479 e. The number of ether oxygens (including phenoxy) is 1. The number of aromatic nitrogens is 3. The van der Waals surface area contributed by atoms with Gasteiger partial charge in [0.2, 0.25) is 11.8 Å². The van der Waals surface area contributed by atoms with E-state index in [2.05, 4.69) is 31.3 Å². The van der Waals surface area contributed by atoms with Crippen LogP contribution in [0.15, 0.2) is 28.7 Å². The highest BCUT2D eigenvalue weighted by Crippen LogP contribution is 2.30. The minimum absolute atomic E-state index is 0.0204. The van der Waals surface area contributed by atoms with Gasteiger partial charge in [-0.2, -0.15) is 0 Å². The van der Waals surface area contributed by atoms with Crippen LogP contribution in [-0.2, 0) is 24.8 Å². The van der Waals surface area contributed by atoms with E-state index < -0.39 is 0 Å². The van der Waals surface area contributed by atoms with Gasteiger partial charge in [-0.15, -0.1) is 5.10 Å². The fourth-order valence-corrected chi connectivity index (χ4v) is 3.73. The van der Waals surface area contributed by atoms with Gasteiger partial charge in [-0.05, 0) is 49.1 Å². The lowest BCUT2D eigenvalue weighted by molar-refractivity contribution is -0.121. The topological polar surface area (TPSA) is 69.0 Å². The van der Waals surface area contributed by atoms with Crippen LogP contribution < -0.4 is 10.1 Å². The molecule has 0 aliphatic heterocycles. The maximum atomic E-state index is 12.3. The molecule has 0 unspecified atom stereocenters. The number of hydrogen-bond donors (Lipinski definition) is 1. The molecule has 0 radical (unpaired) electrons. The van der Waals surface area contributed by atoms with E-state index in [1.807, 2.05) is 45.2 Å². The summed E-state index contributed by atoms with van der Waals surface area (Å²) >= 11 is 3.44. The van der Waals surface area contributed by atoms with Gasteiger partial charge < -0.3 is 10.1 Å². The summed E-state index contributed by atoms with van der Waals surface area (Å²) in [5.41, 5.74) is 4.93. The Kier molecular flexibility index (Phi) is 5.79. The van der Waals surface area contributed by atoms with Crippen LogP contribution in [0.25, 0.3) is 11.0 Å². The summed E-state index contributed by atoms with van der Waals surface area (Å²) in [4.78, 5) is 17.0. The van der Waals surface area contributed by atoms with Crippen molar-refractivity contribution in [3.8, 4) is 5.88 Å². The summed E-state index contributed by atoms with van der Waals surface area (Å²) in [5, 5.41) is 8.26. The molecule has 0 aliphatic rings. The maximum absolute atomic E-state index is 12.3. The predicted molar refractivity (Wildman–Crippen MR) is 109 cm³/mol. The molecule has 3 aromatic rings. The first-order valence-electron chi connectivity index (χ1n) is 8.78. The van der Waals surface area contributed by atoms with E-state index in [9.17, 15) is 4.79 Å². The van der Waals surface area contributed by atoms with Gasteiger partial charge in [0.05, 0.1) is 12.5 Å². The third-order valence-corrected chi connectivity index (χ3v) is 5.19. The number of aryl methyl sites for hydroxylation is 3. The number of carbonyl (C=O) groups is 1. The number of amides is 1. The summed E-state index contributed by atoms with van der Waals surface area (Å²) in [6.45, 7) is 4.53. The molecule has 142 valence electrons. The Morgan fingerprint density at radius 3 is 2.81 bits per heavy atom. The highest BCUT2D eigenvalue weighted by atomic mass is 79.9. The molecule has 1 amide bonds. The molecule has 27 heavy (non-hydrogen) atoms. The number of carbonyl (C=O) groups excluding carboxylic acids is 1. The Bertz CT molecular complexity index is 997. The van der Waals surface area contributed by atoms with Crippen molar-refractivity contribution >= 4 is 32.9 Å². The Hall–Kier alpha value is -2.41. The van der Waals surface area contributed by atoms with Crippen LogP contribution in [0.5, 0.6) is 5.88 Å². The molecule has 0 aliphatic carbocycles.